The van der Waals surface area contributed by atoms with Crippen molar-refractivity contribution >= 4 is 5.91 Å². The number of hydrogen-bond acceptors (Lipinski definition) is 2. The minimum absolute atomic E-state index is 0.231. The van der Waals surface area contributed by atoms with Gasteiger partial charge in [0.25, 0.3) is 0 Å². The van der Waals surface area contributed by atoms with Gasteiger partial charge < -0.3 is 10.6 Å². The summed E-state index contributed by atoms with van der Waals surface area (Å²) in [6.07, 6.45) is 1.98. The van der Waals surface area contributed by atoms with Crippen molar-refractivity contribution < 1.29 is 4.79 Å². The molecule has 1 amide bonds. The van der Waals surface area contributed by atoms with Gasteiger partial charge in [-0.25, -0.2) is 0 Å². The van der Waals surface area contributed by atoms with Gasteiger partial charge in [0, 0.05) is 12.5 Å². The lowest BCUT2D eigenvalue weighted by atomic mass is 9.97. The lowest BCUT2D eigenvalue weighted by molar-refractivity contribution is -0.125. The standard InChI is InChI=1S/C8H16N2O/c1-2-10-8(11)7-3-5-9-6-4-7/h7,9H,2-6H2,1H3,(H,10,11). The Labute approximate surface area is 67.5 Å². The van der Waals surface area contributed by atoms with Gasteiger partial charge in [0.15, 0.2) is 0 Å². The van der Waals surface area contributed by atoms with Gasteiger partial charge in [-0.2, -0.15) is 0 Å². The molecule has 1 heterocycles. The quantitative estimate of drug-likeness (QED) is 0.596. The topological polar surface area (TPSA) is 41.1 Å². The maximum atomic E-state index is 11.3. The van der Waals surface area contributed by atoms with Gasteiger partial charge in [-0.15, -0.1) is 0 Å². The molecule has 0 bridgehead atoms. The Morgan fingerprint density at radius 3 is 2.73 bits per heavy atom. The lowest BCUT2D eigenvalue weighted by Crippen LogP contribution is -2.37. The maximum absolute atomic E-state index is 11.3. The summed E-state index contributed by atoms with van der Waals surface area (Å²) in [6.45, 7) is 4.69. The lowest BCUT2D eigenvalue weighted by Gasteiger charge is -2.21. The maximum Gasteiger partial charge on any atom is 0.223 e. The smallest absolute Gasteiger partial charge is 0.223 e. The molecule has 64 valence electrons. The van der Waals surface area contributed by atoms with Crippen LogP contribution in [0, 0.1) is 5.92 Å². The Bertz CT molecular complexity index is 130. The monoisotopic (exact) mass is 156 g/mol. The largest absolute Gasteiger partial charge is 0.356 e. The molecule has 0 saturated carbocycles. The van der Waals surface area contributed by atoms with Gasteiger partial charge in [0.05, 0.1) is 0 Å². The highest BCUT2D eigenvalue weighted by molar-refractivity contribution is 5.78. The minimum atomic E-state index is 0.231. The van der Waals surface area contributed by atoms with Gasteiger partial charge in [-0.3, -0.25) is 4.79 Å². The first kappa shape index (κ1) is 8.53. The summed E-state index contributed by atoms with van der Waals surface area (Å²) in [5, 5.41) is 6.08. The highest BCUT2D eigenvalue weighted by Crippen LogP contribution is 2.10. The van der Waals surface area contributed by atoms with Crippen molar-refractivity contribution in [2.75, 3.05) is 19.6 Å². The third-order valence-corrected chi connectivity index (χ3v) is 2.06. The Kier molecular flexibility index (Phi) is 3.36. The van der Waals surface area contributed by atoms with Gasteiger partial charge in [0.2, 0.25) is 5.91 Å². The SMILES string of the molecule is CCNC(=O)C1CCNCC1. The second kappa shape index (κ2) is 4.34. The fourth-order valence-corrected chi connectivity index (χ4v) is 1.40. The molecule has 3 heteroatoms. The van der Waals surface area contributed by atoms with Crippen molar-refractivity contribution in [1.29, 1.82) is 0 Å². The molecule has 11 heavy (non-hydrogen) atoms. The van der Waals surface area contributed by atoms with Crippen LogP contribution in [0.2, 0.25) is 0 Å². The molecule has 1 aliphatic heterocycles. The zero-order valence-electron chi connectivity index (χ0n) is 7.02. The molecular formula is C8H16N2O. The van der Waals surface area contributed by atoms with E-state index in [-0.39, 0.29) is 11.8 Å². The van der Waals surface area contributed by atoms with Gasteiger partial charge in [-0.05, 0) is 32.9 Å². The van der Waals surface area contributed by atoms with Crippen molar-refractivity contribution in [3.8, 4) is 0 Å². The third-order valence-electron chi connectivity index (χ3n) is 2.06. The molecule has 0 spiro atoms. The van der Waals surface area contributed by atoms with E-state index in [2.05, 4.69) is 10.6 Å². The molecule has 0 atom stereocenters. The zero-order chi connectivity index (χ0) is 8.10. The van der Waals surface area contributed by atoms with Gasteiger partial charge in [-0.1, -0.05) is 0 Å². The number of nitrogens with one attached hydrogen (secondary N) is 2. The molecule has 0 aromatic heterocycles. The van der Waals surface area contributed by atoms with Crippen molar-refractivity contribution in [1.82, 2.24) is 10.6 Å². The Balaban J connectivity index is 2.27. The summed E-state index contributed by atoms with van der Waals surface area (Å²) >= 11 is 0. The van der Waals surface area contributed by atoms with Crippen molar-refractivity contribution in [2.24, 2.45) is 5.92 Å². The van der Waals surface area contributed by atoms with E-state index < -0.39 is 0 Å². The molecule has 0 aromatic rings. The number of rotatable bonds is 2. The van der Waals surface area contributed by atoms with E-state index in [0.29, 0.717) is 0 Å². The average molecular weight is 156 g/mol. The summed E-state index contributed by atoms with van der Waals surface area (Å²) in [5.74, 6) is 0.491. The first-order valence-corrected chi connectivity index (χ1v) is 4.33. The summed E-state index contributed by atoms with van der Waals surface area (Å²) in [7, 11) is 0. The molecule has 1 rings (SSSR count). The molecule has 0 unspecified atom stereocenters. The van der Waals surface area contributed by atoms with Crippen LogP contribution in [-0.2, 0) is 4.79 Å². The average Bonchev–Trinajstić information content (AvgIpc) is 2.07. The molecule has 0 radical (unpaired) electrons. The minimum Gasteiger partial charge on any atom is -0.356 e. The van der Waals surface area contributed by atoms with Crippen molar-refractivity contribution in [3.05, 3.63) is 0 Å². The third kappa shape index (κ3) is 2.50. The molecule has 0 aromatic carbocycles. The van der Waals surface area contributed by atoms with E-state index >= 15 is 0 Å². The van der Waals surface area contributed by atoms with E-state index in [0.717, 1.165) is 32.5 Å². The first-order chi connectivity index (χ1) is 5.34. The van der Waals surface area contributed by atoms with E-state index in [1.54, 1.807) is 0 Å². The summed E-state index contributed by atoms with van der Waals surface area (Å²) in [4.78, 5) is 11.3. The molecule has 0 aliphatic carbocycles. The summed E-state index contributed by atoms with van der Waals surface area (Å²) in [5.41, 5.74) is 0. The van der Waals surface area contributed by atoms with Crippen LogP contribution in [0.3, 0.4) is 0 Å². The molecular weight excluding hydrogens is 140 g/mol. The summed E-state index contributed by atoms with van der Waals surface area (Å²) in [6, 6.07) is 0. The Hall–Kier alpha value is -0.570. The Morgan fingerprint density at radius 2 is 2.18 bits per heavy atom. The van der Waals surface area contributed by atoms with E-state index in [9.17, 15) is 4.79 Å². The van der Waals surface area contributed by atoms with E-state index in [1.807, 2.05) is 6.92 Å². The van der Waals surface area contributed by atoms with Crippen LogP contribution < -0.4 is 10.6 Å². The molecule has 1 fully saturated rings. The number of piperidine rings is 1. The fourth-order valence-electron chi connectivity index (χ4n) is 1.40. The second-order valence-corrected chi connectivity index (χ2v) is 2.92. The van der Waals surface area contributed by atoms with Gasteiger partial charge >= 0.3 is 0 Å². The Morgan fingerprint density at radius 1 is 1.55 bits per heavy atom. The normalized spacial score (nSPS) is 19.7. The van der Waals surface area contributed by atoms with Crippen molar-refractivity contribution in [3.63, 3.8) is 0 Å². The predicted molar refractivity (Wildman–Crippen MR) is 44.3 cm³/mol. The van der Waals surface area contributed by atoms with Crippen LogP contribution in [0.4, 0.5) is 0 Å². The highest BCUT2D eigenvalue weighted by Gasteiger charge is 2.19. The fraction of sp³-hybridized carbons (Fsp3) is 0.875. The number of amides is 1. The predicted octanol–water partition coefficient (Wildman–Crippen LogP) is 0.122. The van der Waals surface area contributed by atoms with Crippen LogP contribution in [0.5, 0.6) is 0 Å². The first-order valence-electron chi connectivity index (χ1n) is 4.33. The molecule has 1 aliphatic rings. The van der Waals surface area contributed by atoms with Gasteiger partial charge in [0.1, 0.15) is 0 Å². The number of hydrogen-bond donors (Lipinski definition) is 2. The number of carbonyl (C=O) groups excluding carboxylic acids is 1. The van der Waals surface area contributed by atoms with Crippen molar-refractivity contribution in [2.45, 2.75) is 19.8 Å². The zero-order valence-corrected chi connectivity index (χ0v) is 7.02. The number of carbonyl (C=O) groups is 1. The van der Waals surface area contributed by atoms with E-state index in [4.69, 9.17) is 0 Å². The summed E-state index contributed by atoms with van der Waals surface area (Å²) < 4.78 is 0. The highest BCUT2D eigenvalue weighted by atomic mass is 16.1. The molecule has 2 N–H and O–H groups in total. The van der Waals surface area contributed by atoms with Crippen LogP contribution in [-0.4, -0.2) is 25.5 Å². The second-order valence-electron chi connectivity index (χ2n) is 2.92. The van der Waals surface area contributed by atoms with Crippen LogP contribution >= 0.6 is 0 Å². The van der Waals surface area contributed by atoms with Crippen LogP contribution in [0.25, 0.3) is 0 Å². The van der Waals surface area contributed by atoms with Crippen LogP contribution in [0.1, 0.15) is 19.8 Å². The molecule has 3 nitrogen and oxygen atoms in total. The van der Waals surface area contributed by atoms with E-state index in [1.165, 1.54) is 0 Å². The van der Waals surface area contributed by atoms with Crippen LogP contribution in [0.15, 0.2) is 0 Å². The molecule has 1 saturated heterocycles.